The molecule has 0 atom stereocenters. The number of amides is 2. The van der Waals surface area contributed by atoms with Crippen molar-refractivity contribution >= 4 is 39.6 Å². The van der Waals surface area contributed by atoms with Gasteiger partial charge in [0.2, 0.25) is 0 Å². The van der Waals surface area contributed by atoms with Crippen LogP contribution >= 0.6 is 15.9 Å². The van der Waals surface area contributed by atoms with Gasteiger partial charge in [-0.1, -0.05) is 51.8 Å². The van der Waals surface area contributed by atoms with Crippen LogP contribution in [0.5, 0.6) is 5.75 Å². The molecule has 0 saturated heterocycles. The minimum atomic E-state index is -0.314. The second-order valence-electron chi connectivity index (χ2n) is 6.90. The summed E-state index contributed by atoms with van der Waals surface area (Å²) in [5.41, 5.74) is 6.41. The molecule has 0 aliphatic carbocycles. The van der Waals surface area contributed by atoms with E-state index >= 15 is 0 Å². The number of halogens is 1. The Labute approximate surface area is 189 Å². The number of anilines is 1. The highest BCUT2D eigenvalue weighted by Crippen LogP contribution is 2.22. The first-order valence-corrected chi connectivity index (χ1v) is 10.4. The summed E-state index contributed by atoms with van der Waals surface area (Å²) in [6.45, 7) is 3.72. The number of carbonyl (C=O) groups excluding carboxylic acids is 2. The van der Waals surface area contributed by atoms with Gasteiger partial charge in [0.15, 0.2) is 6.61 Å². The number of carbonyl (C=O) groups is 2. The van der Waals surface area contributed by atoms with Gasteiger partial charge in [0.25, 0.3) is 11.8 Å². The summed E-state index contributed by atoms with van der Waals surface area (Å²) >= 11 is 3.41. The highest BCUT2D eigenvalue weighted by atomic mass is 79.9. The Hall–Kier alpha value is -3.45. The molecule has 3 rings (SSSR count). The van der Waals surface area contributed by atoms with Crippen molar-refractivity contribution in [1.82, 2.24) is 5.43 Å². The third kappa shape index (κ3) is 6.52. The van der Waals surface area contributed by atoms with Crippen LogP contribution in [0.2, 0.25) is 0 Å². The van der Waals surface area contributed by atoms with Gasteiger partial charge in [0.05, 0.1) is 6.21 Å². The van der Waals surface area contributed by atoms with E-state index in [1.165, 1.54) is 6.21 Å². The van der Waals surface area contributed by atoms with Crippen molar-refractivity contribution in [3.63, 3.8) is 0 Å². The SMILES string of the molecule is Cc1ccc(C(=O)N/N=C/c2cc(Br)ccc2OCC(=O)Nc2ccccc2C)cc1. The van der Waals surface area contributed by atoms with Crippen LogP contribution in [0.3, 0.4) is 0 Å². The van der Waals surface area contributed by atoms with E-state index in [9.17, 15) is 9.59 Å². The van der Waals surface area contributed by atoms with Gasteiger partial charge in [-0.2, -0.15) is 5.10 Å². The second kappa shape index (κ2) is 10.5. The molecule has 3 aromatic rings. The van der Waals surface area contributed by atoms with Crippen LogP contribution in [-0.4, -0.2) is 24.6 Å². The fourth-order valence-electron chi connectivity index (χ4n) is 2.72. The predicted octanol–water partition coefficient (Wildman–Crippen LogP) is 4.85. The molecule has 0 saturated carbocycles. The molecular formula is C24H22BrN3O3. The van der Waals surface area contributed by atoms with E-state index in [-0.39, 0.29) is 18.4 Å². The lowest BCUT2D eigenvalue weighted by Gasteiger charge is -2.11. The minimum Gasteiger partial charge on any atom is -0.483 e. The Morgan fingerprint density at radius 3 is 2.52 bits per heavy atom. The number of hydrogen-bond acceptors (Lipinski definition) is 4. The molecule has 6 nitrogen and oxygen atoms in total. The van der Waals surface area contributed by atoms with Crippen molar-refractivity contribution in [2.75, 3.05) is 11.9 Å². The third-order valence-corrected chi connectivity index (χ3v) is 4.93. The van der Waals surface area contributed by atoms with E-state index in [1.54, 1.807) is 30.3 Å². The second-order valence-corrected chi connectivity index (χ2v) is 7.81. The Morgan fingerprint density at radius 1 is 1.03 bits per heavy atom. The lowest BCUT2D eigenvalue weighted by Crippen LogP contribution is -2.21. The molecule has 3 aromatic carbocycles. The van der Waals surface area contributed by atoms with Crippen LogP contribution in [-0.2, 0) is 4.79 Å². The van der Waals surface area contributed by atoms with E-state index in [0.29, 0.717) is 16.9 Å². The van der Waals surface area contributed by atoms with Gasteiger partial charge >= 0.3 is 0 Å². The first-order chi connectivity index (χ1) is 14.9. The number of rotatable bonds is 7. The van der Waals surface area contributed by atoms with Crippen LogP contribution in [0, 0.1) is 13.8 Å². The fourth-order valence-corrected chi connectivity index (χ4v) is 3.10. The van der Waals surface area contributed by atoms with Crippen molar-refractivity contribution in [2.45, 2.75) is 13.8 Å². The standard InChI is InChI=1S/C24H22BrN3O3/c1-16-7-9-18(10-8-16)24(30)28-26-14-19-13-20(25)11-12-22(19)31-15-23(29)27-21-6-4-3-5-17(21)2/h3-14H,15H2,1-2H3,(H,27,29)(H,28,30)/b26-14+. The van der Waals surface area contributed by atoms with E-state index in [1.807, 2.05) is 50.2 Å². The van der Waals surface area contributed by atoms with Crippen LogP contribution in [0.25, 0.3) is 0 Å². The Morgan fingerprint density at radius 2 is 1.77 bits per heavy atom. The Kier molecular flexibility index (Phi) is 7.56. The third-order valence-electron chi connectivity index (χ3n) is 4.43. The summed E-state index contributed by atoms with van der Waals surface area (Å²) in [5.74, 6) is -0.115. The molecule has 0 aliphatic rings. The molecule has 0 bridgehead atoms. The predicted molar refractivity (Wildman–Crippen MR) is 126 cm³/mol. The van der Waals surface area contributed by atoms with E-state index in [4.69, 9.17) is 4.74 Å². The van der Waals surface area contributed by atoms with Crippen molar-refractivity contribution in [3.05, 3.63) is 93.5 Å². The number of hydrogen-bond donors (Lipinski definition) is 2. The van der Waals surface area contributed by atoms with Crippen LogP contribution < -0.4 is 15.5 Å². The maximum Gasteiger partial charge on any atom is 0.271 e. The van der Waals surface area contributed by atoms with Crippen LogP contribution in [0.1, 0.15) is 27.0 Å². The van der Waals surface area contributed by atoms with Gasteiger partial charge in [0, 0.05) is 21.3 Å². The summed E-state index contributed by atoms with van der Waals surface area (Å²) in [6, 6.07) is 20.0. The molecule has 31 heavy (non-hydrogen) atoms. The molecule has 0 radical (unpaired) electrons. The zero-order valence-corrected chi connectivity index (χ0v) is 18.8. The number of ether oxygens (including phenoxy) is 1. The maximum absolute atomic E-state index is 12.3. The molecule has 0 fully saturated rings. The molecule has 158 valence electrons. The monoisotopic (exact) mass is 479 g/mol. The summed E-state index contributed by atoms with van der Waals surface area (Å²) in [4.78, 5) is 24.5. The quantitative estimate of drug-likeness (QED) is 0.375. The van der Waals surface area contributed by atoms with E-state index in [2.05, 4.69) is 31.8 Å². The summed E-state index contributed by atoms with van der Waals surface area (Å²) in [6.07, 6.45) is 1.48. The molecular weight excluding hydrogens is 458 g/mol. The Bertz CT molecular complexity index is 1110. The number of hydrazone groups is 1. The molecule has 7 heteroatoms. The zero-order valence-electron chi connectivity index (χ0n) is 17.2. The van der Waals surface area contributed by atoms with Crippen molar-refractivity contribution in [1.29, 1.82) is 0 Å². The van der Waals surface area contributed by atoms with E-state index < -0.39 is 0 Å². The van der Waals surface area contributed by atoms with Crippen molar-refractivity contribution in [2.24, 2.45) is 5.10 Å². The average molecular weight is 480 g/mol. The summed E-state index contributed by atoms with van der Waals surface area (Å²) < 4.78 is 6.50. The number of para-hydroxylation sites is 1. The van der Waals surface area contributed by atoms with Gasteiger partial charge in [-0.3, -0.25) is 9.59 Å². The average Bonchev–Trinajstić information content (AvgIpc) is 2.75. The number of nitrogens with one attached hydrogen (secondary N) is 2. The summed E-state index contributed by atoms with van der Waals surface area (Å²) in [5, 5.41) is 6.85. The molecule has 2 N–H and O–H groups in total. The first-order valence-electron chi connectivity index (χ1n) is 9.60. The molecule has 0 heterocycles. The number of aryl methyl sites for hydroxylation is 2. The van der Waals surface area contributed by atoms with Gasteiger partial charge < -0.3 is 10.1 Å². The fraction of sp³-hybridized carbons (Fsp3) is 0.125. The highest BCUT2D eigenvalue weighted by Gasteiger charge is 2.09. The maximum atomic E-state index is 12.3. The van der Waals surface area contributed by atoms with Crippen molar-refractivity contribution < 1.29 is 14.3 Å². The molecule has 0 unspecified atom stereocenters. The van der Waals surface area contributed by atoms with Gasteiger partial charge in [-0.15, -0.1) is 0 Å². The van der Waals surface area contributed by atoms with Crippen molar-refractivity contribution in [3.8, 4) is 5.75 Å². The normalized spacial score (nSPS) is 10.7. The van der Waals surface area contributed by atoms with Crippen LogP contribution in [0.4, 0.5) is 5.69 Å². The highest BCUT2D eigenvalue weighted by molar-refractivity contribution is 9.10. The van der Waals surface area contributed by atoms with Gasteiger partial charge in [-0.05, 0) is 55.8 Å². The van der Waals surface area contributed by atoms with Gasteiger partial charge in [-0.25, -0.2) is 5.43 Å². The molecule has 0 spiro atoms. The smallest absolute Gasteiger partial charge is 0.271 e. The minimum absolute atomic E-state index is 0.160. The molecule has 2 amide bonds. The molecule has 0 aliphatic heterocycles. The first kappa shape index (κ1) is 22.2. The number of benzene rings is 3. The topological polar surface area (TPSA) is 79.8 Å². The number of nitrogens with zero attached hydrogens (tertiary/aromatic N) is 1. The lowest BCUT2D eigenvalue weighted by molar-refractivity contribution is -0.118. The van der Waals surface area contributed by atoms with E-state index in [0.717, 1.165) is 21.3 Å². The molecule has 0 aromatic heterocycles. The lowest BCUT2D eigenvalue weighted by atomic mass is 10.1. The van der Waals surface area contributed by atoms with Gasteiger partial charge in [0.1, 0.15) is 5.75 Å². The Balaban J connectivity index is 1.62. The largest absolute Gasteiger partial charge is 0.483 e. The zero-order chi connectivity index (χ0) is 22.2. The summed E-state index contributed by atoms with van der Waals surface area (Å²) in [7, 11) is 0. The van der Waals surface area contributed by atoms with Crippen LogP contribution in [0.15, 0.2) is 76.3 Å².